The molecule has 5 heteroatoms. The van der Waals surface area contributed by atoms with E-state index in [1.54, 1.807) is 6.20 Å². The number of hydrogen-bond acceptors (Lipinski definition) is 5. The normalized spacial score (nSPS) is 10.9. The minimum atomic E-state index is 0.570. The van der Waals surface area contributed by atoms with E-state index in [-0.39, 0.29) is 0 Å². The van der Waals surface area contributed by atoms with Crippen molar-refractivity contribution in [2.75, 3.05) is 5.73 Å². The molecule has 0 bridgehead atoms. The molecular weight excluding hydrogens is 232 g/mol. The molecule has 0 fully saturated rings. The second-order valence-electron chi connectivity index (χ2n) is 3.73. The zero-order valence-electron chi connectivity index (χ0n) is 9.21. The van der Waals surface area contributed by atoms with Crippen LogP contribution in [-0.4, -0.2) is 15.0 Å². The Kier molecular flexibility index (Phi) is 2.26. The summed E-state index contributed by atoms with van der Waals surface area (Å²) in [7, 11) is 0. The second kappa shape index (κ2) is 3.78. The number of nitrogens with two attached hydrogens (primary N) is 1. The Morgan fingerprint density at radius 2 is 2.06 bits per heavy atom. The van der Waals surface area contributed by atoms with Crippen LogP contribution in [0.4, 0.5) is 5.13 Å². The number of anilines is 1. The molecule has 0 saturated carbocycles. The molecule has 17 heavy (non-hydrogen) atoms. The van der Waals surface area contributed by atoms with Gasteiger partial charge >= 0.3 is 0 Å². The average Bonchev–Trinajstić information content (AvgIpc) is 2.68. The second-order valence-corrected chi connectivity index (χ2v) is 4.76. The third-order valence-electron chi connectivity index (χ3n) is 2.47. The Labute approximate surface area is 102 Å². The van der Waals surface area contributed by atoms with Crippen LogP contribution >= 0.6 is 11.3 Å². The lowest BCUT2D eigenvalue weighted by Gasteiger charge is -2.01. The Bertz CT molecular complexity index is 690. The number of rotatable bonds is 1. The average molecular weight is 242 g/mol. The van der Waals surface area contributed by atoms with Crippen molar-refractivity contribution in [1.29, 1.82) is 0 Å². The summed E-state index contributed by atoms with van der Waals surface area (Å²) in [5, 5.41) is 0.570. The van der Waals surface area contributed by atoms with Crippen molar-refractivity contribution in [1.82, 2.24) is 15.0 Å². The van der Waals surface area contributed by atoms with Crippen LogP contribution in [0.25, 0.3) is 21.6 Å². The van der Waals surface area contributed by atoms with Gasteiger partial charge in [-0.2, -0.15) is 0 Å². The SMILES string of the molecule is Cc1ccnc(-c2cccc3nc(N)sc23)n1. The van der Waals surface area contributed by atoms with Crippen molar-refractivity contribution < 1.29 is 0 Å². The van der Waals surface area contributed by atoms with Gasteiger partial charge in [-0.3, -0.25) is 0 Å². The maximum atomic E-state index is 5.73. The molecule has 84 valence electrons. The lowest BCUT2D eigenvalue weighted by atomic mass is 10.2. The highest BCUT2D eigenvalue weighted by Gasteiger charge is 2.09. The number of aryl methyl sites for hydroxylation is 1. The number of thiazole rings is 1. The van der Waals surface area contributed by atoms with E-state index < -0.39 is 0 Å². The Hall–Kier alpha value is -2.01. The van der Waals surface area contributed by atoms with Crippen LogP contribution in [0.5, 0.6) is 0 Å². The summed E-state index contributed by atoms with van der Waals surface area (Å²) >= 11 is 1.47. The molecule has 2 heterocycles. The number of hydrogen-bond donors (Lipinski definition) is 1. The standard InChI is InChI=1S/C12H10N4S/c1-7-5-6-14-11(15-7)8-3-2-4-9-10(8)17-12(13)16-9/h2-6H,1H3,(H2,13,16). The summed E-state index contributed by atoms with van der Waals surface area (Å²) in [6.45, 7) is 1.95. The van der Waals surface area contributed by atoms with Crippen LogP contribution in [0.3, 0.4) is 0 Å². The number of aromatic nitrogens is 3. The molecule has 0 amide bonds. The van der Waals surface area contributed by atoms with Crippen LogP contribution in [-0.2, 0) is 0 Å². The summed E-state index contributed by atoms with van der Waals surface area (Å²) in [6, 6.07) is 7.77. The van der Waals surface area contributed by atoms with Crippen molar-refractivity contribution in [3.8, 4) is 11.4 Å². The molecule has 4 nitrogen and oxygen atoms in total. The molecule has 0 radical (unpaired) electrons. The predicted octanol–water partition coefficient (Wildman–Crippen LogP) is 2.64. The Morgan fingerprint density at radius 1 is 1.18 bits per heavy atom. The Morgan fingerprint density at radius 3 is 2.88 bits per heavy atom. The van der Waals surface area contributed by atoms with Crippen molar-refractivity contribution >= 4 is 26.7 Å². The zero-order valence-corrected chi connectivity index (χ0v) is 10.0. The minimum Gasteiger partial charge on any atom is -0.375 e. The highest BCUT2D eigenvalue weighted by molar-refractivity contribution is 7.22. The minimum absolute atomic E-state index is 0.570. The molecule has 2 aromatic heterocycles. The maximum absolute atomic E-state index is 5.73. The first-order valence-corrected chi connectivity index (χ1v) is 6.01. The molecule has 0 aliphatic carbocycles. The van der Waals surface area contributed by atoms with Gasteiger partial charge in [-0.25, -0.2) is 15.0 Å². The maximum Gasteiger partial charge on any atom is 0.181 e. The third-order valence-corrected chi connectivity index (χ3v) is 3.40. The van der Waals surface area contributed by atoms with Crippen molar-refractivity contribution in [3.63, 3.8) is 0 Å². The van der Waals surface area contributed by atoms with Gasteiger partial charge in [0.05, 0.1) is 10.2 Å². The summed E-state index contributed by atoms with van der Waals surface area (Å²) in [5.74, 6) is 0.722. The number of nitrogens with zero attached hydrogens (tertiary/aromatic N) is 3. The van der Waals surface area contributed by atoms with Gasteiger partial charge < -0.3 is 5.73 Å². The first kappa shape index (κ1) is 10.2. The molecule has 1 aromatic carbocycles. The highest BCUT2D eigenvalue weighted by atomic mass is 32.1. The molecule has 0 aliphatic rings. The quantitative estimate of drug-likeness (QED) is 0.712. The summed E-state index contributed by atoms with van der Waals surface area (Å²) in [4.78, 5) is 13.0. The van der Waals surface area contributed by atoms with Crippen LogP contribution in [0, 0.1) is 6.92 Å². The van der Waals surface area contributed by atoms with E-state index in [0.717, 1.165) is 27.3 Å². The van der Waals surface area contributed by atoms with Crippen LogP contribution in [0.2, 0.25) is 0 Å². The fraction of sp³-hybridized carbons (Fsp3) is 0.0833. The van der Waals surface area contributed by atoms with E-state index in [1.807, 2.05) is 31.2 Å². The molecule has 3 aromatic rings. The lowest BCUT2D eigenvalue weighted by Crippen LogP contribution is -1.90. The van der Waals surface area contributed by atoms with E-state index >= 15 is 0 Å². The van der Waals surface area contributed by atoms with Gasteiger partial charge in [0.2, 0.25) is 0 Å². The topological polar surface area (TPSA) is 64.7 Å². The van der Waals surface area contributed by atoms with Crippen LogP contribution < -0.4 is 5.73 Å². The zero-order chi connectivity index (χ0) is 11.8. The van der Waals surface area contributed by atoms with Crippen molar-refractivity contribution in [2.45, 2.75) is 6.92 Å². The molecule has 0 saturated heterocycles. The first-order chi connectivity index (χ1) is 8.24. The van der Waals surface area contributed by atoms with Crippen molar-refractivity contribution in [2.24, 2.45) is 0 Å². The lowest BCUT2D eigenvalue weighted by molar-refractivity contribution is 1.11. The molecule has 3 rings (SSSR count). The largest absolute Gasteiger partial charge is 0.375 e. The van der Waals surface area contributed by atoms with Gasteiger partial charge in [-0.15, -0.1) is 0 Å². The van der Waals surface area contributed by atoms with Gasteiger partial charge in [0.1, 0.15) is 0 Å². The van der Waals surface area contributed by atoms with Crippen molar-refractivity contribution in [3.05, 3.63) is 36.2 Å². The highest BCUT2D eigenvalue weighted by Crippen LogP contribution is 2.32. The summed E-state index contributed by atoms with van der Waals surface area (Å²) < 4.78 is 1.04. The summed E-state index contributed by atoms with van der Waals surface area (Å²) in [5.41, 5.74) is 8.57. The van der Waals surface area contributed by atoms with Gasteiger partial charge in [0, 0.05) is 17.5 Å². The molecule has 0 aliphatic heterocycles. The van der Waals surface area contributed by atoms with E-state index in [1.165, 1.54) is 11.3 Å². The molecule has 0 unspecified atom stereocenters. The van der Waals surface area contributed by atoms with E-state index in [9.17, 15) is 0 Å². The molecule has 0 atom stereocenters. The summed E-state index contributed by atoms with van der Waals surface area (Å²) in [6.07, 6.45) is 1.76. The first-order valence-electron chi connectivity index (χ1n) is 5.19. The van der Waals surface area contributed by atoms with Crippen LogP contribution in [0.1, 0.15) is 5.69 Å². The number of nitrogen functional groups attached to an aromatic ring is 1. The fourth-order valence-electron chi connectivity index (χ4n) is 1.72. The Balaban J connectivity index is 2.30. The van der Waals surface area contributed by atoms with E-state index in [0.29, 0.717) is 5.13 Å². The van der Waals surface area contributed by atoms with Gasteiger partial charge in [-0.05, 0) is 25.1 Å². The van der Waals surface area contributed by atoms with Gasteiger partial charge in [0.25, 0.3) is 0 Å². The third kappa shape index (κ3) is 1.74. The number of benzene rings is 1. The smallest absolute Gasteiger partial charge is 0.181 e. The van der Waals surface area contributed by atoms with Crippen LogP contribution in [0.15, 0.2) is 30.5 Å². The predicted molar refractivity (Wildman–Crippen MR) is 69.8 cm³/mol. The van der Waals surface area contributed by atoms with E-state index in [2.05, 4.69) is 15.0 Å². The molecule has 0 spiro atoms. The molecular formula is C12H10N4S. The molecule has 2 N–H and O–H groups in total. The monoisotopic (exact) mass is 242 g/mol. The number of fused-ring (bicyclic) bond motifs is 1. The fourth-order valence-corrected chi connectivity index (χ4v) is 2.56. The van der Waals surface area contributed by atoms with Gasteiger partial charge in [0.15, 0.2) is 11.0 Å². The van der Waals surface area contributed by atoms with Gasteiger partial charge in [-0.1, -0.05) is 17.4 Å². The van der Waals surface area contributed by atoms with E-state index in [4.69, 9.17) is 5.73 Å².